The number of aliphatic carboxylic acids is 2. The molecule has 0 bridgehead atoms. The lowest BCUT2D eigenvalue weighted by molar-refractivity contribution is -0.144. The molecule has 0 rings (SSSR count). The van der Waals surface area contributed by atoms with Gasteiger partial charge in [0.1, 0.15) is 18.1 Å². The van der Waals surface area contributed by atoms with E-state index in [1.807, 2.05) is 0 Å². The maximum Gasteiger partial charge on any atom is 0.326 e. The van der Waals surface area contributed by atoms with Crippen molar-refractivity contribution in [2.75, 3.05) is 0 Å². The number of hydrogen-bond acceptors (Lipinski definition) is 7. The molecule has 0 heterocycles. The molecule has 13 nitrogen and oxygen atoms in total. The third kappa shape index (κ3) is 12.4. The molecule has 0 aromatic heterocycles. The highest BCUT2D eigenvalue weighted by molar-refractivity contribution is 5.96. The molecule has 0 radical (unpaired) electrons. The zero-order valence-electron chi connectivity index (χ0n) is 19.3. The Kier molecular flexibility index (Phi) is 12.7. The van der Waals surface area contributed by atoms with E-state index in [0.29, 0.717) is 0 Å². The molecule has 9 N–H and O–H groups in total. The number of hydrogen-bond donors (Lipinski definition) is 7. The van der Waals surface area contributed by atoms with Gasteiger partial charge >= 0.3 is 11.9 Å². The maximum absolute atomic E-state index is 12.8. The summed E-state index contributed by atoms with van der Waals surface area (Å²) in [6.07, 6.45) is -1.04. The van der Waals surface area contributed by atoms with Crippen molar-refractivity contribution >= 4 is 35.6 Å². The van der Waals surface area contributed by atoms with Crippen LogP contribution in [0.4, 0.5) is 0 Å². The second kappa shape index (κ2) is 14.0. The maximum atomic E-state index is 12.8. The van der Waals surface area contributed by atoms with Crippen LogP contribution in [-0.2, 0) is 28.8 Å². The fourth-order valence-electron chi connectivity index (χ4n) is 2.91. The van der Waals surface area contributed by atoms with Gasteiger partial charge in [-0.05, 0) is 24.7 Å². The molecule has 0 aliphatic rings. The topological polar surface area (TPSA) is 231 Å². The molecule has 4 unspecified atom stereocenters. The third-order valence-electron chi connectivity index (χ3n) is 4.43. The molecule has 4 amide bonds. The first-order chi connectivity index (χ1) is 15.1. The summed E-state index contributed by atoms with van der Waals surface area (Å²) in [6, 6.07) is -5.35. The van der Waals surface area contributed by atoms with E-state index in [2.05, 4.69) is 16.0 Å². The van der Waals surface area contributed by atoms with E-state index >= 15 is 0 Å². The zero-order valence-corrected chi connectivity index (χ0v) is 19.3. The minimum atomic E-state index is -1.59. The molecular formula is C20H35N5O8. The standard InChI is InChI=1S/C20H35N5O8/c1-9(2)5-12(23-17(29)11(21)7-15(22)26)18(30)24-13(8-16(27)28)19(31)25-14(20(32)33)6-10(3)4/h9-14H,5-8,21H2,1-4H3,(H2,22,26)(H,23,29)(H,24,30)(H,25,31)(H,27,28)(H,32,33). The number of carbonyl (C=O) groups excluding carboxylic acids is 4. The van der Waals surface area contributed by atoms with E-state index in [0.717, 1.165) is 0 Å². The Bertz CT molecular complexity index is 740. The van der Waals surface area contributed by atoms with Gasteiger partial charge in [-0.25, -0.2) is 4.79 Å². The number of carbonyl (C=O) groups is 6. The monoisotopic (exact) mass is 473 g/mol. The highest BCUT2D eigenvalue weighted by atomic mass is 16.4. The Labute approximate surface area is 192 Å². The number of primary amides is 1. The van der Waals surface area contributed by atoms with Crippen LogP contribution in [0.1, 0.15) is 53.4 Å². The van der Waals surface area contributed by atoms with Crippen LogP contribution in [0.5, 0.6) is 0 Å². The first-order valence-electron chi connectivity index (χ1n) is 10.5. The Balaban J connectivity index is 5.54. The van der Waals surface area contributed by atoms with Crippen molar-refractivity contribution in [2.24, 2.45) is 23.3 Å². The molecule has 0 aliphatic heterocycles. The zero-order chi connectivity index (χ0) is 25.9. The van der Waals surface area contributed by atoms with Gasteiger partial charge in [-0.2, -0.15) is 0 Å². The summed E-state index contributed by atoms with van der Waals surface area (Å²) in [5.74, 6) is -6.35. The van der Waals surface area contributed by atoms with Gasteiger partial charge in [0.25, 0.3) is 0 Å². The summed E-state index contributed by atoms with van der Waals surface area (Å²) in [7, 11) is 0. The van der Waals surface area contributed by atoms with Crippen LogP contribution in [0.3, 0.4) is 0 Å². The van der Waals surface area contributed by atoms with Crippen LogP contribution >= 0.6 is 0 Å². The van der Waals surface area contributed by atoms with Crippen LogP contribution in [-0.4, -0.2) is 69.9 Å². The summed E-state index contributed by atoms with van der Waals surface area (Å²) >= 11 is 0. The van der Waals surface area contributed by atoms with Crippen LogP contribution in [0.25, 0.3) is 0 Å². The molecule has 0 fully saturated rings. The van der Waals surface area contributed by atoms with E-state index in [4.69, 9.17) is 16.6 Å². The average Bonchev–Trinajstić information content (AvgIpc) is 2.64. The van der Waals surface area contributed by atoms with Crippen LogP contribution < -0.4 is 27.4 Å². The van der Waals surface area contributed by atoms with Crippen molar-refractivity contribution in [3.63, 3.8) is 0 Å². The molecule has 33 heavy (non-hydrogen) atoms. The molecule has 0 aromatic carbocycles. The SMILES string of the molecule is CC(C)CC(NC(=O)C(CC(=O)O)NC(=O)C(CC(C)C)NC(=O)C(N)CC(N)=O)C(=O)O. The summed E-state index contributed by atoms with van der Waals surface area (Å²) in [5.41, 5.74) is 10.6. The number of nitrogens with two attached hydrogens (primary N) is 2. The lowest BCUT2D eigenvalue weighted by Crippen LogP contribution is -2.58. The first-order valence-corrected chi connectivity index (χ1v) is 10.5. The fraction of sp³-hybridized carbons (Fsp3) is 0.700. The second-order valence-electron chi connectivity index (χ2n) is 8.66. The van der Waals surface area contributed by atoms with Crippen molar-refractivity contribution in [3.8, 4) is 0 Å². The van der Waals surface area contributed by atoms with Crippen LogP contribution in [0, 0.1) is 11.8 Å². The molecule has 0 spiro atoms. The third-order valence-corrected chi connectivity index (χ3v) is 4.43. The van der Waals surface area contributed by atoms with Gasteiger partial charge in [0.15, 0.2) is 0 Å². The van der Waals surface area contributed by atoms with E-state index in [1.165, 1.54) is 0 Å². The number of carboxylic acid groups (broad SMARTS) is 2. The van der Waals surface area contributed by atoms with Crippen LogP contribution in [0.2, 0.25) is 0 Å². The average molecular weight is 474 g/mol. The predicted octanol–water partition coefficient (Wildman–Crippen LogP) is -1.70. The van der Waals surface area contributed by atoms with Gasteiger partial charge in [-0.15, -0.1) is 0 Å². The van der Waals surface area contributed by atoms with E-state index in [-0.39, 0.29) is 24.7 Å². The highest BCUT2D eigenvalue weighted by Gasteiger charge is 2.32. The molecule has 0 saturated carbocycles. The van der Waals surface area contributed by atoms with Gasteiger partial charge in [0, 0.05) is 0 Å². The summed E-state index contributed by atoms with van der Waals surface area (Å²) in [4.78, 5) is 71.3. The minimum absolute atomic E-state index is 0.0749. The number of amides is 4. The van der Waals surface area contributed by atoms with E-state index < -0.39 is 72.6 Å². The molecule has 0 aromatic rings. The second-order valence-corrected chi connectivity index (χ2v) is 8.66. The van der Waals surface area contributed by atoms with Gasteiger partial charge in [-0.1, -0.05) is 27.7 Å². The summed E-state index contributed by atoms with van der Waals surface area (Å²) in [6.45, 7) is 7.03. The number of nitrogens with one attached hydrogen (secondary N) is 3. The van der Waals surface area contributed by atoms with Crippen LogP contribution in [0.15, 0.2) is 0 Å². The predicted molar refractivity (Wildman–Crippen MR) is 116 cm³/mol. The molecule has 4 atom stereocenters. The smallest absolute Gasteiger partial charge is 0.326 e. The molecule has 0 saturated heterocycles. The fourth-order valence-corrected chi connectivity index (χ4v) is 2.91. The summed E-state index contributed by atoms with van der Waals surface area (Å²) in [5, 5.41) is 25.3. The Hall–Kier alpha value is -3.22. The van der Waals surface area contributed by atoms with E-state index in [9.17, 15) is 33.9 Å². The van der Waals surface area contributed by atoms with Gasteiger partial charge in [0.2, 0.25) is 23.6 Å². The number of carboxylic acids is 2. The van der Waals surface area contributed by atoms with E-state index in [1.54, 1.807) is 27.7 Å². The normalized spacial score (nSPS) is 14.6. The minimum Gasteiger partial charge on any atom is -0.481 e. The van der Waals surface area contributed by atoms with Crippen molar-refractivity contribution in [3.05, 3.63) is 0 Å². The molecule has 0 aliphatic carbocycles. The Morgan fingerprint density at radius 3 is 1.55 bits per heavy atom. The molecule has 13 heteroatoms. The summed E-state index contributed by atoms with van der Waals surface area (Å²) < 4.78 is 0. The van der Waals surface area contributed by atoms with Gasteiger partial charge < -0.3 is 37.6 Å². The molecular weight excluding hydrogens is 438 g/mol. The first kappa shape index (κ1) is 29.8. The van der Waals surface area contributed by atoms with Crippen molar-refractivity contribution in [1.29, 1.82) is 0 Å². The van der Waals surface area contributed by atoms with Crippen molar-refractivity contribution < 1.29 is 39.0 Å². The van der Waals surface area contributed by atoms with Crippen molar-refractivity contribution in [1.82, 2.24) is 16.0 Å². The molecule has 188 valence electrons. The van der Waals surface area contributed by atoms with Crippen molar-refractivity contribution in [2.45, 2.75) is 77.5 Å². The lowest BCUT2D eigenvalue weighted by atomic mass is 10.0. The highest BCUT2D eigenvalue weighted by Crippen LogP contribution is 2.09. The Morgan fingerprint density at radius 2 is 1.12 bits per heavy atom. The lowest BCUT2D eigenvalue weighted by Gasteiger charge is -2.25. The van der Waals surface area contributed by atoms with Gasteiger partial charge in [-0.3, -0.25) is 24.0 Å². The Morgan fingerprint density at radius 1 is 0.697 bits per heavy atom. The number of rotatable bonds is 15. The van der Waals surface area contributed by atoms with Gasteiger partial charge in [0.05, 0.1) is 18.9 Å². The largest absolute Gasteiger partial charge is 0.481 e. The quantitative estimate of drug-likeness (QED) is 0.143.